The van der Waals surface area contributed by atoms with Crippen LogP contribution >= 0.6 is 0 Å². The molecule has 26 heavy (non-hydrogen) atoms. The van der Waals surface area contributed by atoms with Crippen LogP contribution in [0.3, 0.4) is 0 Å². The Morgan fingerprint density at radius 1 is 1.38 bits per heavy atom. The molecule has 1 N–H and O–H groups in total. The zero-order valence-corrected chi connectivity index (χ0v) is 15.1. The van der Waals surface area contributed by atoms with Gasteiger partial charge in [-0.1, -0.05) is 6.92 Å². The van der Waals surface area contributed by atoms with Crippen LogP contribution in [0.25, 0.3) is 0 Å². The summed E-state index contributed by atoms with van der Waals surface area (Å²) in [6.07, 6.45) is -4.47. The minimum absolute atomic E-state index is 0.0102. The summed E-state index contributed by atoms with van der Waals surface area (Å²) in [4.78, 5) is 15.9. The first-order valence-corrected chi connectivity index (χ1v) is 8.55. The zero-order chi connectivity index (χ0) is 19.6. The first-order valence-electron chi connectivity index (χ1n) is 8.55. The quantitative estimate of drug-likeness (QED) is 0.804. The number of aliphatic hydroxyl groups is 1. The number of hydrogen-bond donors (Lipinski definition) is 1. The Kier molecular flexibility index (Phi) is 6.29. The molecule has 1 unspecified atom stereocenters. The van der Waals surface area contributed by atoms with E-state index in [1.54, 1.807) is 6.92 Å². The fraction of sp³-hybridized carbons (Fsp3) is 0.611. The number of hydrogen-bond acceptors (Lipinski definition) is 3. The molecule has 0 aliphatic carbocycles. The van der Waals surface area contributed by atoms with Crippen molar-refractivity contribution in [2.45, 2.75) is 38.6 Å². The predicted octanol–water partition coefficient (Wildman–Crippen LogP) is 3.01. The van der Waals surface area contributed by atoms with E-state index in [2.05, 4.69) is 4.90 Å². The van der Waals surface area contributed by atoms with Crippen LogP contribution < -0.4 is 0 Å². The number of rotatable bonds is 5. The molecule has 0 aromatic heterocycles. The Morgan fingerprint density at radius 2 is 2.04 bits per heavy atom. The average Bonchev–Trinajstić information content (AvgIpc) is 2.96. The van der Waals surface area contributed by atoms with Crippen LogP contribution in [0, 0.1) is 11.7 Å². The van der Waals surface area contributed by atoms with Crippen LogP contribution in [0.2, 0.25) is 0 Å². The summed E-state index contributed by atoms with van der Waals surface area (Å²) in [6.45, 7) is 5.63. The van der Waals surface area contributed by atoms with Crippen LogP contribution in [-0.2, 0) is 6.18 Å². The highest BCUT2D eigenvalue weighted by Gasteiger charge is 2.37. The second kappa shape index (κ2) is 7.92. The molecule has 2 rings (SSSR count). The molecule has 1 aromatic carbocycles. The number of β-amino-alcohol motifs (C(OH)–C–C–N with tert-alkyl or cyclic N) is 1. The summed E-state index contributed by atoms with van der Waals surface area (Å²) in [5, 5.41) is 9.58. The molecule has 1 aromatic rings. The number of carbonyl (C=O) groups excluding carboxylic acids is 1. The van der Waals surface area contributed by atoms with Crippen molar-refractivity contribution in [3.8, 4) is 0 Å². The molecule has 4 nitrogen and oxygen atoms in total. The number of likely N-dealkylation sites (tertiary alicyclic amines) is 1. The fourth-order valence-corrected chi connectivity index (χ4v) is 3.23. The van der Waals surface area contributed by atoms with Crippen molar-refractivity contribution in [1.82, 2.24) is 9.80 Å². The highest BCUT2D eigenvalue weighted by molar-refractivity contribution is 5.96. The van der Waals surface area contributed by atoms with Crippen molar-refractivity contribution in [1.29, 1.82) is 0 Å². The molecule has 3 atom stereocenters. The van der Waals surface area contributed by atoms with Crippen molar-refractivity contribution in [3.63, 3.8) is 0 Å². The van der Waals surface area contributed by atoms with Crippen LogP contribution in [0.1, 0.15) is 36.2 Å². The molecule has 0 radical (unpaired) electrons. The maximum Gasteiger partial charge on any atom is 0.417 e. The molecule has 0 bridgehead atoms. The van der Waals surface area contributed by atoms with Gasteiger partial charge in [-0.05, 0) is 37.5 Å². The molecular formula is C18H24F4N2O2. The highest BCUT2D eigenvalue weighted by atomic mass is 19.4. The molecule has 1 fully saturated rings. The third-order valence-electron chi connectivity index (χ3n) is 5.07. The molecule has 8 heteroatoms. The number of nitrogens with zero attached hydrogens (tertiary/aromatic N) is 2. The second-order valence-electron chi connectivity index (χ2n) is 7.02. The summed E-state index contributed by atoms with van der Waals surface area (Å²) in [6, 6.07) is 1.76. The molecule has 1 amide bonds. The SMILES string of the molecule is CC([C@H](C)CN1CC[C@H](O)C1)N(C)C(=O)c1ccc(F)cc1C(F)(F)F. The van der Waals surface area contributed by atoms with Gasteiger partial charge in [0.1, 0.15) is 5.82 Å². The van der Waals surface area contributed by atoms with Crippen LogP contribution in [-0.4, -0.2) is 59.6 Å². The Bertz CT molecular complexity index is 651. The predicted molar refractivity (Wildman–Crippen MR) is 89.2 cm³/mol. The fourth-order valence-electron chi connectivity index (χ4n) is 3.23. The van der Waals surface area contributed by atoms with Crippen molar-refractivity contribution in [3.05, 3.63) is 35.1 Å². The largest absolute Gasteiger partial charge is 0.417 e. The Balaban J connectivity index is 2.13. The summed E-state index contributed by atoms with van der Waals surface area (Å²) >= 11 is 0. The van der Waals surface area contributed by atoms with Gasteiger partial charge in [-0.3, -0.25) is 4.79 Å². The molecule has 146 valence electrons. The van der Waals surface area contributed by atoms with E-state index in [9.17, 15) is 27.5 Å². The Labute approximate surface area is 150 Å². The van der Waals surface area contributed by atoms with E-state index in [1.807, 2.05) is 6.92 Å². The van der Waals surface area contributed by atoms with E-state index in [1.165, 1.54) is 11.9 Å². The van der Waals surface area contributed by atoms with Gasteiger partial charge in [-0.2, -0.15) is 13.2 Å². The molecule has 1 saturated heterocycles. The second-order valence-corrected chi connectivity index (χ2v) is 7.02. The number of alkyl halides is 3. The first-order chi connectivity index (χ1) is 12.0. The van der Waals surface area contributed by atoms with E-state index in [0.717, 1.165) is 18.7 Å². The van der Waals surface area contributed by atoms with Crippen LogP contribution in [0.5, 0.6) is 0 Å². The lowest BCUT2D eigenvalue weighted by molar-refractivity contribution is -0.138. The molecule has 0 spiro atoms. The molecule has 1 heterocycles. The number of amides is 1. The van der Waals surface area contributed by atoms with Gasteiger partial charge < -0.3 is 14.9 Å². The number of aliphatic hydroxyl groups excluding tert-OH is 1. The van der Waals surface area contributed by atoms with Gasteiger partial charge in [-0.15, -0.1) is 0 Å². The number of carbonyl (C=O) groups is 1. The van der Waals surface area contributed by atoms with E-state index in [-0.39, 0.29) is 18.1 Å². The topological polar surface area (TPSA) is 43.8 Å². The minimum atomic E-state index is -4.81. The standard InChI is InChI=1S/C18H24F4N2O2/c1-11(9-24-7-6-14(25)10-24)12(2)23(3)17(26)15-5-4-13(19)8-16(15)18(20,21)22/h4-5,8,11-12,14,25H,6-7,9-10H2,1-3H3/t11-,12?,14+/m1/s1. The van der Waals surface area contributed by atoms with Crippen molar-refractivity contribution >= 4 is 5.91 Å². The van der Waals surface area contributed by atoms with Crippen molar-refractivity contribution in [2.24, 2.45) is 5.92 Å². The third kappa shape index (κ3) is 4.73. The Hall–Kier alpha value is -1.67. The summed E-state index contributed by atoms with van der Waals surface area (Å²) in [5.74, 6) is -1.84. The highest BCUT2D eigenvalue weighted by Crippen LogP contribution is 2.33. The minimum Gasteiger partial charge on any atom is -0.392 e. The number of halogens is 4. The normalized spacial score (nSPS) is 20.8. The van der Waals surface area contributed by atoms with Crippen LogP contribution in [0.15, 0.2) is 18.2 Å². The maximum absolute atomic E-state index is 13.2. The zero-order valence-electron chi connectivity index (χ0n) is 15.1. The smallest absolute Gasteiger partial charge is 0.392 e. The number of benzene rings is 1. The molecule has 1 aliphatic rings. The average molecular weight is 376 g/mol. The lowest BCUT2D eigenvalue weighted by atomic mass is 9.99. The Morgan fingerprint density at radius 3 is 2.58 bits per heavy atom. The monoisotopic (exact) mass is 376 g/mol. The van der Waals surface area contributed by atoms with Crippen LogP contribution in [0.4, 0.5) is 17.6 Å². The first kappa shape index (κ1) is 20.6. The lowest BCUT2D eigenvalue weighted by Gasteiger charge is -2.32. The summed E-state index contributed by atoms with van der Waals surface area (Å²) in [5.41, 5.74) is -1.83. The van der Waals surface area contributed by atoms with Gasteiger partial charge in [-0.25, -0.2) is 4.39 Å². The summed E-state index contributed by atoms with van der Waals surface area (Å²) < 4.78 is 52.7. The molecule has 0 saturated carbocycles. The van der Waals surface area contributed by atoms with E-state index < -0.39 is 29.0 Å². The molecular weight excluding hydrogens is 352 g/mol. The van der Waals surface area contributed by atoms with Crippen molar-refractivity contribution in [2.75, 3.05) is 26.7 Å². The van der Waals surface area contributed by atoms with Gasteiger partial charge in [0.25, 0.3) is 5.91 Å². The van der Waals surface area contributed by atoms with Gasteiger partial charge in [0, 0.05) is 32.7 Å². The van der Waals surface area contributed by atoms with Crippen molar-refractivity contribution < 1.29 is 27.5 Å². The van der Waals surface area contributed by atoms with E-state index >= 15 is 0 Å². The maximum atomic E-state index is 13.2. The van der Waals surface area contributed by atoms with Gasteiger partial charge >= 0.3 is 6.18 Å². The lowest BCUT2D eigenvalue weighted by Crippen LogP contribution is -2.43. The van der Waals surface area contributed by atoms with Gasteiger partial charge in [0.15, 0.2) is 0 Å². The van der Waals surface area contributed by atoms with E-state index in [0.29, 0.717) is 25.6 Å². The van der Waals surface area contributed by atoms with Gasteiger partial charge in [0.05, 0.1) is 17.2 Å². The van der Waals surface area contributed by atoms with E-state index in [4.69, 9.17) is 0 Å². The van der Waals surface area contributed by atoms with Gasteiger partial charge in [0.2, 0.25) is 0 Å². The molecule has 1 aliphatic heterocycles. The summed E-state index contributed by atoms with van der Waals surface area (Å²) in [7, 11) is 1.45. The third-order valence-corrected chi connectivity index (χ3v) is 5.07.